The van der Waals surface area contributed by atoms with Gasteiger partial charge in [-0.3, -0.25) is 4.79 Å². The van der Waals surface area contributed by atoms with Gasteiger partial charge in [-0.1, -0.05) is 12.1 Å². The molecule has 0 saturated carbocycles. The zero-order valence-electron chi connectivity index (χ0n) is 8.60. The van der Waals surface area contributed by atoms with E-state index >= 15 is 0 Å². The summed E-state index contributed by atoms with van der Waals surface area (Å²) in [5, 5.41) is 0. The third-order valence-electron chi connectivity index (χ3n) is 2.43. The minimum atomic E-state index is -0.0563. The fraction of sp³-hybridized carbons (Fsp3) is 0.273. The molecule has 2 rings (SSSR count). The van der Waals surface area contributed by atoms with E-state index in [9.17, 15) is 4.79 Å². The number of benzene rings is 1. The molecule has 4 nitrogen and oxygen atoms in total. The minimum Gasteiger partial charge on any atom is -0.330 e. The van der Waals surface area contributed by atoms with Gasteiger partial charge in [0.25, 0.3) is 5.56 Å². The summed E-state index contributed by atoms with van der Waals surface area (Å²) in [6, 6.07) is 7.59. The van der Waals surface area contributed by atoms with E-state index in [0.717, 1.165) is 11.0 Å². The number of aromatic nitrogens is 2. The second kappa shape index (κ2) is 3.82. The highest BCUT2D eigenvalue weighted by molar-refractivity contribution is 5.74. The fourth-order valence-electron chi connectivity index (χ4n) is 1.64. The lowest BCUT2D eigenvalue weighted by Gasteiger charge is -2.06. The minimum absolute atomic E-state index is 0.0563. The van der Waals surface area contributed by atoms with Crippen LogP contribution in [0.2, 0.25) is 0 Å². The van der Waals surface area contributed by atoms with Crippen LogP contribution in [0.4, 0.5) is 0 Å². The number of nitrogens with two attached hydrogens (primary N) is 1. The highest BCUT2D eigenvalue weighted by atomic mass is 16.1. The molecule has 2 N–H and O–H groups in total. The molecule has 0 aliphatic heterocycles. The van der Waals surface area contributed by atoms with Gasteiger partial charge in [-0.15, -0.1) is 0 Å². The molecular weight excluding hydrogens is 190 g/mol. The van der Waals surface area contributed by atoms with Gasteiger partial charge in [-0.2, -0.15) is 0 Å². The molecular formula is C11H13N3O. The van der Waals surface area contributed by atoms with Crippen molar-refractivity contribution in [2.75, 3.05) is 6.54 Å². The molecule has 0 unspecified atom stereocenters. The quantitative estimate of drug-likeness (QED) is 0.770. The number of para-hydroxylation sites is 2. The number of hydrogen-bond acceptors (Lipinski definition) is 3. The predicted octanol–water partition coefficient (Wildman–Crippen LogP) is 0.435. The Labute approximate surface area is 87.4 Å². The van der Waals surface area contributed by atoms with E-state index in [4.69, 9.17) is 5.73 Å². The highest BCUT2D eigenvalue weighted by Gasteiger charge is 2.06. The third kappa shape index (κ3) is 1.64. The van der Waals surface area contributed by atoms with Gasteiger partial charge < -0.3 is 10.3 Å². The molecule has 78 valence electrons. The van der Waals surface area contributed by atoms with Crippen LogP contribution >= 0.6 is 0 Å². The summed E-state index contributed by atoms with van der Waals surface area (Å²) >= 11 is 0. The van der Waals surface area contributed by atoms with Gasteiger partial charge in [-0.05, 0) is 18.7 Å². The zero-order valence-corrected chi connectivity index (χ0v) is 8.60. The lowest BCUT2D eigenvalue weighted by Crippen LogP contribution is -2.25. The van der Waals surface area contributed by atoms with Crippen LogP contribution in [0.15, 0.2) is 29.1 Å². The monoisotopic (exact) mass is 203 g/mol. The Morgan fingerprint density at radius 3 is 2.87 bits per heavy atom. The molecule has 0 atom stereocenters. The molecule has 0 aliphatic rings. The Balaban J connectivity index is 2.77. The Kier molecular flexibility index (Phi) is 2.51. The lowest BCUT2D eigenvalue weighted by atomic mass is 10.2. The van der Waals surface area contributed by atoms with Crippen LogP contribution in [0.1, 0.15) is 5.69 Å². The Morgan fingerprint density at radius 1 is 1.40 bits per heavy atom. The topological polar surface area (TPSA) is 60.9 Å². The summed E-state index contributed by atoms with van der Waals surface area (Å²) in [5.74, 6) is 0. The molecule has 0 radical (unpaired) electrons. The van der Waals surface area contributed by atoms with Crippen LogP contribution in [-0.4, -0.2) is 16.1 Å². The van der Waals surface area contributed by atoms with Gasteiger partial charge in [0.2, 0.25) is 0 Å². The average molecular weight is 203 g/mol. The molecule has 1 heterocycles. The van der Waals surface area contributed by atoms with Crippen molar-refractivity contribution in [3.63, 3.8) is 0 Å². The summed E-state index contributed by atoms with van der Waals surface area (Å²) < 4.78 is 1.62. The molecule has 4 heteroatoms. The van der Waals surface area contributed by atoms with Crippen molar-refractivity contribution in [2.45, 2.75) is 6.42 Å². The Morgan fingerprint density at radius 2 is 2.13 bits per heavy atom. The standard InChI is InChI=1S/C11H13N3O/c1-14-10-5-3-2-4-8(10)13-9(6-7-12)11(14)15/h2-5H,6-7,12H2,1H3. The maximum absolute atomic E-state index is 11.8. The van der Waals surface area contributed by atoms with Crippen LogP contribution in [0.5, 0.6) is 0 Å². The SMILES string of the molecule is Cn1c(=O)c(CCN)nc2ccccc21. The predicted molar refractivity (Wildman–Crippen MR) is 59.7 cm³/mol. The first-order chi connectivity index (χ1) is 7.24. The second-order valence-electron chi connectivity index (χ2n) is 3.45. The molecule has 1 aromatic carbocycles. The summed E-state index contributed by atoms with van der Waals surface area (Å²) in [5.41, 5.74) is 7.61. The van der Waals surface area contributed by atoms with E-state index in [2.05, 4.69) is 4.98 Å². The van der Waals surface area contributed by atoms with Gasteiger partial charge >= 0.3 is 0 Å². The summed E-state index contributed by atoms with van der Waals surface area (Å²) in [7, 11) is 1.76. The van der Waals surface area contributed by atoms with E-state index < -0.39 is 0 Å². The molecule has 1 aromatic heterocycles. The molecule has 15 heavy (non-hydrogen) atoms. The summed E-state index contributed by atoms with van der Waals surface area (Å²) in [6.45, 7) is 0.445. The van der Waals surface area contributed by atoms with Crippen molar-refractivity contribution in [3.8, 4) is 0 Å². The molecule has 0 aliphatic carbocycles. The third-order valence-corrected chi connectivity index (χ3v) is 2.43. The summed E-state index contributed by atoms with van der Waals surface area (Å²) in [4.78, 5) is 16.1. The van der Waals surface area contributed by atoms with E-state index in [1.165, 1.54) is 0 Å². The van der Waals surface area contributed by atoms with Gasteiger partial charge in [-0.25, -0.2) is 4.98 Å². The Hall–Kier alpha value is -1.68. The first kappa shape index (κ1) is 9.86. The van der Waals surface area contributed by atoms with Crippen LogP contribution in [-0.2, 0) is 13.5 Å². The van der Waals surface area contributed by atoms with Crippen molar-refractivity contribution >= 4 is 11.0 Å². The van der Waals surface area contributed by atoms with Crippen molar-refractivity contribution < 1.29 is 0 Å². The Bertz CT molecular complexity index is 545. The number of hydrogen-bond donors (Lipinski definition) is 1. The van der Waals surface area contributed by atoms with E-state index in [0.29, 0.717) is 18.7 Å². The van der Waals surface area contributed by atoms with Crippen LogP contribution in [0.3, 0.4) is 0 Å². The van der Waals surface area contributed by atoms with Crippen LogP contribution in [0.25, 0.3) is 11.0 Å². The second-order valence-corrected chi connectivity index (χ2v) is 3.45. The molecule has 0 saturated heterocycles. The number of aryl methyl sites for hydroxylation is 1. The van der Waals surface area contributed by atoms with E-state index in [-0.39, 0.29) is 5.56 Å². The molecule has 0 amide bonds. The largest absolute Gasteiger partial charge is 0.330 e. The maximum atomic E-state index is 11.8. The first-order valence-corrected chi connectivity index (χ1v) is 4.88. The summed E-state index contributed by atoms with van der Waals surface area (Å²) in [6.07, 6.45) is 0.525. The molecule has 2 aromatic rings. The van der Waals surface area contributed by atoms with E-state index in [1.807, 2.05) is 24.3 Å². The average Bonchev–Trinajstić information content (AvgIpc) is 2.26. The zero-order chi connectivity index (χ0) is 10.8. The van der Waals surface area contributed by atoms with Crippen molar-refractivity contribution in [1.29, 1.82) is 0 Å². The van der Waals surface area contributed by atoms with Crippen molar-refractivity contribution in [2.24, 2.45) is 12.8 Å². The van der Waals surface area contributed by atoms with Crippen molar-refractivity contribution in [3.05, 3.63) is 40.3 Å². The molecule has 0 fully saturated rings. The normalized spacial score (nSPS) is 10.8. The van der Waals surface area contributed by atoms with E-state index in [1.54, 1.807) is 11.6 Å². The van der Waals surface area contributed by atoms with Gasteiger partial charge in [0, 0.05) is 13.5 Å². The molecule has 0 spiro atoms. The van der Waals surface area contributed by atoms with Gasteiger partial charge in [0.15, 0.2) is 0 Å². The maximum Gasteiger partial charge on any atom is 0.272 e. The van der Waals surface area contributed by atoms with Crippen LogP contribution in [0, 0.1) is 0 Å². The van der Waals surface area contributed by atoms with Gasteiger partial charge in [0.05, 0.1) is 11.0 Å². The lowest BCUT2D eigenvalue weighted by molar-refractivity contribution is 0.824. The number of fused-ring (bicyclic) bond motifs is 1. The fourth-order valence-corrected chi connectivity index (χ4v) is 1.64. The van der Waals surface area contributed by atoms with Crippen molar-refractivity contribution in [1.82, 2.24) is 9.55 Å². The number of nitrogens with zero attached hydrogens (tertiary/aromatic N) is 2. The van der Waals surface area contributed by atoms with Gasteiger partial charge in [0.1, 0.15) is 5.69 Å². The van der Waals surface area contributed by atoms with Crippen LogP contribution < -0.4 is 11.3 Å². The number of rotatable bonds is 2. The molecule has 0 bridgehead atoms. The smallest absolute Gasteiger partial charge is 0.272 e. The first-order valence-electron chi connectivity index (χ1n) is 4.88. The highest BCUT2D eigenvalue weighted by Crippen LogP contribution is 2.08.